The Morgan fingerprint density at radius 1 is 0.884 bits per heavy atom. The normalized spacial score (nSPS) is 20.8. The van der Waals surface area contributed by atoms with E-state index in [-0.39, 0.29) is 34.8 Å². The lowest BCUT2D eigenvalue weighted by molar-refractivity contribution is -0.117. The zero-order valence-electron chi connectivity index (χ0n) is 25.0. The molecule has 3 aromatic rings. The zero-order chi connectivity index (χ0) is 30.7. The number of rotatable bonds is 10. The monoisotopic (exact) mass is 650 g/mol. The molecule has 226 valence electrons. The molecule has 0 radical (unpaired) electrons. The Bertz CT molecular complexity index is 1510. The number of thioether (sulfide) groups is 3. The van der Waals surface area contributed by atoms with Gasteiger partial charge in [-0.25, -0.2) is 0 Å². The van der Waals surface area contributed by atoms with Crippen LogP contribution in [0.1, 0.15) is 59.4 Å². The first kappa shape index (κ1) is 32.2. The molecule has 0 spiro atoms. The molecule has 0 bridgehead atoms. The molecular formula is C34H38N2O3S4. The molecular weight excluding hydrogens is 613 g/mol. The van der Waals surface area contributed by atoms with E-state index in [9.17, 15) is 14.4 Å². The molecule has 5 nitrogen and oxygen atoms in total. The Kier molecular flexibility index (Phi) is 10.7. The van der Waals surface area contributed by atoms with Gasteiger partial charge in [-0.2, -0.15) is 0 Å². The van der Waals surface area contributed by atoms with E-state index in [0.29, 0.717) is 30.0 Å². The second-order valence-electron chi connectivity index (χ2n) is 11.5. The maximum Gasteiger partial charge on any atom is 0.261 e. The minimum atomic E-state index is -0.235. The Balaban J connectivity index is 1.21. The van der Waals surface area contributed by atoms with Crippen LogP contribution in [0.3, 0.4) is 0 Å². The van der Waals surface area contributed by atoms with Crippen molar-refractivity contribution in [2.75, 3.05) is 19.1 Å². The fraction of sp³-hybridized carbons (Fsp3) is 0.382. The van der Waals surface area contributed by atoms with Gasteiger partial charge in [-0.05, 0) is 111 Å². The molecule has 2 amide bonds. The number of nitrogens with two attached hydrogens (primary N) is 1. The molecule has 1 aliphatic heterocycles. The second-order valence-corrected chi connectivity index (χ2v) is 15.4. The summed E-state index contributed by atoms with van der Waals surface area (Å²) in [5.41, 5.74) is 8.27. The topological polar surface area (TPSA) is 80.5 Å². The Labute approximate surface area is 271 Å². The average molecular weight is 651 g/mol. The van der Waals surface area contributed by atoms with Crippen LogP contribution in [0.15, 0.2) is 85.1 Å². The van der Waals surface area contributed by atoms with Crippen LogP contribution in [0.5, 0.6) is 0 Å². The van der Waals surface area contributed by atoms with E-state index in [1.807, 2.05) is 43.3 Å². The third-order valence-corrected chi connectivity index (χ3v) is 12.1. The predicted molar refractivity (Wildman–Crippen MR) is 181 cm³/mol. The summed E-state index contributed by atoms with van der Waals surface area (Å²) in [6, 6.07) is 19.8. The minimum absolute atomic E-state index is 0.00236. The lowest BCUT2D eigenvalue weighted by Crippen LogP contribution is -2.39. The molecule has 43 heavy (non-hydrogen) atoms. The minimum Gasteiger partial charge on any atom is -0.328 e. The molecule has 1 fully saturated rings. The molecule has 0 aromatic heterocycles. The molecule has 0 saturated heterocycles. The fourth-order valence-electron chi connectivity index (χ4n) is 6.02. The number of nitrogens with zero attached hydrogens (tertiary/aromatic N) is 1. The maximum absolute atomic E-state index is 13.3. The van der Waals surface area contributed by atoms with Crippen LogP contribution in [0.25, 0.3) is 0 Å². The van der Waals surface area contributed by atoms with Gasteiger partial charge in [0.25, 0.3) is 11.8 Å². The summed E-state index contributed by atoms with van der Waals surface area (Å²) in [6.07, 6.45) is 7.81. The van der Waals surface area contributed by atoms with Crippen LogP contribution in [-0.4, -0.2) is 46.9 Å². The third-order valence-electron chi connectivity index (χ3n) is 8.44. The van der Waals surface area contributed by atoms with Crippen molar-refractivity contribution in [3.05, 3.63) is 77.4 Å². The third kappa shape index (κ3) is 7.39. The molecule has 5 rings (SSSR count). The van der Waals surface area contributed by atoms with Gasteiger partial charge in [-0.15, -0.1) is 23.5 Å². The molecule has 1 aliphatic carbocycles. The van der Waals surface area contributed by atoms with E-state index in [1.54, 1.807) is 29.6 Å². The van der Waals surface area contributed by atoms with Gasteiger partial charge >= 0.3 is 0 Å². The maximum atomic E-state index is 13.3. The van der Waals surface area contributed by atoms with E-state index in [1.165, 1.54) is 38.2 Å². The summed E-state index contributed by atoms with van der Waals surface area (Å²) < 4.78 is 0. The molecule has 2 N–H and O–H groups in total. The molecule has 9 heteroatoms. The van der Waals surface area contributed by atoms with Crippen LogP contribution < -0.4 is 5.73 Å². The van der Waals surface area contributed by atoms with Crippen molar-refractivity contribution in [3.63, 3.8) is 0 Å². The van der Waals surface area contributed by atoms with Gasteiger partial charge in [0, 0.05) is 43.0 Å². The summed E-state index contributed by atoms with van der Waals surface area (Å²) in [4.78, 5) is 46.2. The highest BCUT2D eigenvalue weighted by atomic mass is 32.2. The van der Waals surface area contributed by atoms with Crippen molar-refractivity contribution in [1.82, 2.24) is 4.90 Å². The Morgan fingerprint density at radius 3 is 2.26 bits per heavy atom. The predicted octanol–water partition coefficient (Wildman–Crippen LogP) is 8.14. The van der Waals surface area contributed by atoms with Crippen LogP contribution in [0.4, 0.5) is 0 Å². The number of hydrogen-bond acceptors (Lipinski definition) is 8. The number of benzene rings is 3. The van der Waals surface area contributed by atoms with Gasteiger partial charge in [-0.3, -0.25) is 19.3 Å². The van der Waals surface area contributed by atoms with Gasteiger partial charge in [0.1, 0.15) is 0 Å². The van der Waals surface area contributed by atoms with E-state index >= 15 is 0 Å². The van der Waals surface area contributed by atoms with E-state index < -0.39 is 0 Å². The number of imide groups is 1. The fourth-order valence-corrected chi connectivity index (χ4v) is 9.31. The molecule has 4 atom stereocenters. The zero-order valence-corrected chi connectivity index (χ0v) is 28.3. The number of hydrogen-bond donors (Lipinski definition) is 1. The number of amides is 2. The quantitative estimate of drug-likeness (QED) is 0.174. The van der Waals surface area contributed by atoms with Crippen molar-refractivity contribution < 1.29 is 14.4 Å². The van der Waals surface area contributed by atoms with Gasteiger partial charge < -0.3 is 5.73 Å². The first-order chi connectivity index (χ1) is 20.7. The molecule has 1 saturated carbocycles. The smallest absolute Gasteiger partial charge is 0.261 e. The SMILES string of the molecule is CSc1ccc(CCN2C(=O)c3ccc(Sc4ccc(SC(=O)C5CC(C)CCC5C(C)N)cc4)cc3C2=O)cc1SC. The Morgan fingerprint density at radius 2 is 1.56 bits per heavy atom. The van der Waals surface area contributed by atoms with Gasteiger partial charge in [0.2, 0.25) is 0 Å². The van der Waals surface area contributed by atoms with E-state index in [0.717, 1.165) is 39.5 Å². The van der Waals surface area contributed by atoms with Crippen LogP contribution in [0.2, 0.25) is 0 Å². The number of carbonyl (C=O) groups is 3. The van der Waals surface area contributed by atoms with Crippen molar-refractivity contribution in [3.8, 4) is 0 Å². The standard InChI is InChI=1S/C34H38N2O3S4/c1-20-5-12-26(21(2)35)29(17-20)34(39)43-24-9-7-23(8-10-24)42-25-11-13-27-28(19-25)33(38)36(32(27)37)16-15-22-6-14-30(40-3)31(18-22)41-4/h6-11,13-14,18-21,26,29H,5,12,15-17,35H2,1-4H3. The van der Waals surface area contributed by atoms with Crippen molar-refractivity contribution >= 4 is 64.0 Å². The lowest BCUT2D eigenvalue weighted by atomic mass is 9.72. The van der Waals surface area contributed by atoms with Crippen LogP contribution in [0, 0.1) is 17.8 Å². The average Bonchev–Trinajstić information content (AvgIpc) is 3.24. The van der Waals surface area contributed by atoms with Gasteiger partial charge in [0.05, 0.1) is 11.1 Å². The molecule has 4 unspecified atom stereocenters. The highest BCUT2D eigenvalue weighted by Crippen LogP contribution is 2.40. The molecule has 3 aromatic carbocycles. The van der Waals surface area contributed by atoms with Crippen molar-refractivity contribution in [1.29, 1.82) is 0 Å². The summed E-state index contributed by atoms with van der Waals surface area (Å²) >= 11 is 6.28. The summed E-state index contributed by atoms with van der Waals surface area (Å²) in [6.45, 7) is 4.59. The first-order valence-electron chi connectivity index (χ1n) is 14.6. The summed E-state index contributed by atoms with van der Waals surface area (Å²) in [5, 5.41) is 0.210. The van der Waals surface area contributed by atoms with Gasteiger partial charge in [-0.1, -0.05) is 42.9 Å². The number of fused-ring (bicyclic) bond motifs is 1. The van der Waals surface area contributed by atoms with Crippen molar-refractivity contribution in [2.24, 2.45) is 23.5 Å². The van der Waals surface area contributed by atoms with Crippen LogP contribution in [-0.2, 0) is 11.2 Å². The van der Waals surface area contributed by atoms with Gasteiger partial charge in [0.15, 0.2) is 5.12 Å². The first-order valence-corrected chi connectivity index (χ1v) is 18.7. The van der Waals surface area contributed by atoms with Crippen molar-refractivity contribution in [2.45, 2.75) is 70.1 Å². The lowest BCUT2D eigenvalue weighted by Gasteiger charge is -2.35. The Hall–Kier alpha value is -2.17. The highest BCUT2D eigenvalue weighted by molar-refractivity contribution is 8.13. The summed E-state index contributed by atoms with van der Waals surface area (Å²) in [5.74, 6) is 0.335. The second kappa shape index (κ2) is 14.3. The number of carbonyl (C=O) groups excluding carboxylic acids is 3. The summed E-state index contributed by atoms with van der Waals surface area (Å²) in [7, 11) is 0. The largest absolute Gasteiger partial charge is 0.328 e. The highest BCUT2D eigenvalue weighted by Gasteiger charge is 2.37. The molecule has 1 heterocycles. The van der Waals surface area contributed by atoms with E-state index in [2.05, 4.69) is 37.6 Å². The van der Waals surface area contributed by atoms with E-state index in [4.69, 9.17) is 5.73 Å². The van der Waals surface area contributed by atoms with Crippen LogP contribution >= 0.6 is 47.0 Å². The molecule has 2 aliphatic rings.